The Morgan fingerprint density at radius 1 is 1.06 bits per heavy atom. The zero-order chi connectivity index (χ0) is 25.6. The number of nitriles is 1. The molecule has 0 amide bonds. The van der Waals surface area contributed by atoms with Crippen molar-refractivity contribution >= 4 is 34.4 Å². The maximum atomic E-state index is 14.1. The summed E-state index contributed by atoms with van der Waals surface area (Å²) in [5, 5.41) is 23.2. The first-order chi connectivity index (χ1) is 16.7. The zero-order valence-corrected chi connectivity index (χ0v) is 19.0. The van der Waals surface area contributed by atoms with E-state index in [1.807, 2.05) is 18.2 Å². The highest BCUT2D eigenvalue weighted by molar-refractivity contribution is 5.75. The Labute approximate surface area is 199 Å². The van der Waals surface area contributed by atoms with Gasteiger partial charge in [0.05, 0.1) is 11.1 Å². The average Bonchev–Trinajstić information content (AvgIpc) is 2.80. The molecule has 0 fully saturated rings. The monoisotopic (exact) mass is 485 g/mol. The molecule has 1 aromatic heterocycles. The lowest BCUT2D eigenvalue weighted by atomic mass is 10.1. The molecule has 11 heteroatoms. The van der Waals surface area contributed by atoms with E-state index in [4.69, 9.17) is 5.73 Å². The summed E-state index contributed by atoms with van der Waals surface area (Å²) in [5.41, 5.74) is 5.48. The number of nitrogen functional groups attached to an aromatic ring is 1. The fourth-order valence-corrected chi connectivity index (χ4v) is 3.23. The largest absolute Gasteiger partial charge is 0.418 e. The van der Waals surface area contributed by atoms with Crippen LogP contribution in [0, 0.1) is 24.1 Å². The van der Waals surface area contributed by atoms with Gasteiger partial charge in [-0.25, -0.2) is 9.37 Å². The first kappa shape index (κ1) is 25.4. The number of unbranched alkanes of at least 4 members (excludes halogenated alkanes) is 1. The predicted molar refractivity (Wildman–Crippen MR) is 127 cm³/mol. The Morgan fingerprint density at radius 3 is 2.34 bits per heavy atom. The SMILES string of the molecule is CCCCNc1ccc(Nc2nc(N)c(N=Nc3c(F)cccc3C(F)(F)F)c(C)c2C#N)cc1. The highest BCUT2D eigenvalue weighted by Gasteiger charge is 2.35. The Balaban J connectivity index is 1.91. The number of nitrogens with one attached hydrogen (secondary N) is 2. The van der Waals surface area contributed by atoms with Crippen LogP contribution >= 0.6 is 0 Å². The highest BCUT2D eigenvalue weighted by atomic mass is 19.4. The first-order valence-corrected chi connectivity index (χ1v) is 10.7. The van der Waals surface area contributed by atoms with Crippen molar-refractivity contribution in [2.24, 2.45) is 10.2 Å². The van der Waals surface area contributed by atoms with E-state index in [0.717, 1.165) is 37.2 Å². The number of nitrogens with two attached hydrogens (primary N) is 1. The van der Waals surface area contributed by atoms with Crippen LogP contribution in [0.2, 0.25) is 0 Å². The lowest BCUT2D eigenvalue weighted by molar-refractivity contribution is -0.137. The summed E-state index contributed by atoms with van der Waals surface area (Å²) >= 11 is 0. The Morgan fingerprint density at radius 2 is 1.71 bits per heavy atom. The van der Waals surface area contributed by atoms with Crippen LogP contribution in [0.1, 0.15) is 36.5 Å². The number of benzene rings is 2. The van der Waals surface area contributed by atoms with Gasteiger partial charge < -0.3 is 16.4 Å². The molecule has 0 aliphatic heterocycles. The average molecular weight is 485 g/mol. The van der Waals surface area contributed by atoms with Crippen LogP contribution < -0.4 is 16.4 Å². The molecular weight excluding hydrogens is 462 g/mol. The summed E-state index contributed by atoms with van der Waals surface area (Å²) < 4.78 is 53.8. The van der Waals surface area contributed by atoms with Gasteiger partial charge in [0, 0.05) is 23.5 Å². The van der Waals surface area contributed by atoms with Crippen LogP contribution in [0.3, 0.4) is 0 Å². The molecule has 0 bridgehead atoms. The third-order valence-corrected chi connectivity index (χ3v) is 5.10. The van der Waals surface area contributed by atoms with Crippen molar-refractivity contribution < 1.29 is 17.6 Å². The van der Waals surface area contributed by atoms with E-state index in [0.29, 0.717) is 11.8 Å². The van der Waals surface area contributed by atoms with E-state index in [2.05, 4.69) is 32.8 Å². The van der Waals surface area contributed by atoms with Crippen LogP contribution in [-0.2, 0) is 6.18 Å². The zero-order valence-electron chi connectivity index (χ0n) is 19.0. The molecule has 0 atom stereocenters. The lowest BCUT2D eigenvalue weighted by Gasteiger charge is -2.13. The van der Waals surface area contributed by atoms with Gasteiger partial charge in [0.1, 0.15) is 17.4 Å². The third-order valence-electron chi connectivity index (χ3n) is 5.10. The van der Waals surface area contributed by atoms with Crippen LogP contribution in [0.15, 0.2) is 52.7 Å². The van der Waals surface area contributed by atoms with Gasteiger partial charge in [-0.2, -0.15) is 18.4 Å². The standard InChI is InChI=1S/C24H23F4N7/c1-3-4-12-31-15-8-10-16(11-9-15)32-23-17(13-29)14(2)20(22(30)33-23)34-35-21-18(24(26,27)28)6-5-7-19(21)25/h5-11,31H,3-4,12H2,1-2H3,(H3,30,32,33). The number of aromatic nitrogens is 1. The smallest absolute Gasteiger partial charge is 0.385 e. The number of nitrogens with zero attached hydrogens (tertiary/aromatic N) is 4. The molecule has 2 aromatic carbocycles. The van der Waals surface area contributed by atoms with Crippen LogP contribution in [0.5, 0.6) is 0 Å². The van der Waals surface area contributed by atoms with E-state index in [9.17, 15) is 22.8 Å². The van der Waals surface area contributed by atoms with E-state index in [-0.39, 0.29) is 28.5 Å². The van der Waals surface area contributed by atoms with Gasteiger partial charge in [-0.15, -0.1) is 10.2 Å². The van der Waals surface area contributed by atoms with Gasteiger partial charge in [-0.05, 0) is 49.7 Å². The molecule has 0 radical (unpaired) electrons. The van der Waals surface area contributed by atoms with Crippen LogP contribution in [-0.4, -0.2) is 11.5 Å². The molecule has 182 valence electrons. The minimum Gasteiger partial charge on any atom is -0.385 e. The van der Waals surface area contributed by atoms with E-state index < -0.39 is 23.2 Å². The summed E-state index contributed by atoms with van der Waals surface area (Å²) in [7, 11) is 0. The number of hydrogen-bond acceptors (Lipinski definition) is 7. The number of hydrogen-bond donors (Lipinski definition) is 3. The minimum atomic E-state index is -4.83. The van der Waals surface area contributed by atoms with E-state index >= 15 is 0 Å². The molecule has 3 aromatic rings. The topological polar surface area (TPSA) is 111 Å². The third kappa shape index (κ3) is 6.03. The van der Waals surface area contributed by atoms with Crippen molar-refractivity contribution in [3.8, 4) is 6.07 Å². The number of rotatable bonds is 8. The van der Waals surface area contributed by atoms with Crippen molar-refractivity contribution in [3.63, 3.8) is 0 Å². The van der Waals surface area contributed by atoms with E-state index in [1.54, 1.807) is 12.1 Å². The minimum absolute atomic E-state index is 0.0721. The van der Waals surface area contributed by atoms with Gasteiger partial charge in [0.15, 0.2) is 17.5 Å². The molecule has 0 saturated heterocycles. The summed E-state index contributed by atoms with van der Waals surface area (Å²) in [6, 6.07) is 11.8. The number of azo groups is 1. The fraction of sp³-hybridized carbons (Fsp3) is 0.250. The molecule has 0 aliphatic rings. The van der Waals surface area contributed by atoms with E-state index in [1.165, 1.54) is 6.92 Å². The van der Waals surface area contributed by atoms with Crippen LogP contribution in [0.4, 0.5) is 51.9 Å². The fourth-order valence-electron chi connectivity index (χ4n) is 3.23. The lowest BCUT2D eigenvalue weighted by Crippen LogP contribution is -2.06. The molecule has 4 N–H and O–H groups in total. The number of halogens is 4. The molecule has 0 saturated carbocycles. The second kappa shape index (κ2) is 10.8. The maximum absolute atomic E-state index is 14.1. The molecule has 7 nitrogen and oxygen atoms in total. The van der Waals surface area contributed by atoms with Gasteiger partial charge in [-0.1, -0.05) is 19.4 Å². The molecule has 35 heavy (non-hydrogen) atoms. The summed E-state index contributed by atoms with van der Waals surface area (Å²) in [6.45, 7) is 4.46. The number of alkyl halides is 3. The maximum Gasteiger partial charge on any atom is 0.418 e. The van der Waals surface area contributed by atoms with Gasteiger partial charge in [-0.3, -0.25) is 0 Å². The predicted octanol–water partition coefficient (Wildman–Crippen LogP) is 7.37. The van der Waals surface area contributed by atoms with Crippen molar-refractivity contribution in [1.29, 1.82) is 5.26 Å². The van der Waals surface area contributed by atoms with Gasteiger partial charge in [0.25, 0.3) is 0 Å². The second-order valence-electron chi connectivity index (χ2n) is 7.62. The van der Waals surface area contributed by atoms with Crippen molar-refractivity contribution in [3.05, 3.63) is 65.0 Å². The Hall–Kier alpha value is -4.20. The van der Waals surface area contributed by atoms with Crippen molar-refractivity contribution in [1.82, 2.24) is 4.98 Å². The molecule has 0 spiro atoms. The molecule has 1 heterocycles. The molecule has 3 rings (SSSR count). The quantitative estimate of drug-likeness (QED) is 0.175. The molecule has 0 unspecified atom stereocenters. The summed E-state index contributed by atoms with van der Waals surface area (Å²) in [4.78, 5) is 4.15. The first-order valence-electron chi connectivity index (χ1n) is 10.7. The Kier molecular flexibility index (Phi) is 7.86. The van der Waals surface area contributed by atoms with Crippen molar-refractivity contribution in [2.45, 2.75) is 32.9 Å². The summed E-state index contributed by atoms with van der Waals surface area (Å²) in [6.07, 6.45) is -2.70. The molecular formula is C24H23F4N7. The second-order valence-corrected chi connectivity index (χ2v) is 7.62. The Bertz CT molecular complexity index is 1260. The number of pyridine rings is 1. The highest BCUT2D eigenvalue weighted by Crippen LogP contribution is 2.40. The van der Waals surface area contributed by atoms with Crippen molar-refractivity contribution in [2.75, 3.05) is 22.9 Å². The normalized spacial score (nSPS) is 11.5. The van der Waals surface area contributed by atoms with Gasteiger partial charge >= 0.3 is 6.18 Å². The summed E-state index contributed by atoms with van der Waals surface area (Å²) in [5.74, 6) is -1.23. The molecule has 0 aliphatic carbocycles. The van der Waals surface area contributed by atoms with Gasteiger partial charge in [0.2, 0.25) is 0 Å². The number of anilines is 4. The van der Waals surface area contributed by atoms with Crippen LogP contribution in [0.25, 0.3) is 0 Å².